The van der Waals surface area contributed by atoms with Gasteiger partial charge in [0.2, 0.25) is 0 Å². The maximum atomic E-state index is 12.9. The SMILES string of the molecule is CC(=O)c1cc(C)c(F)cc1Br. The standard InChI is InChI=1S/C9H8BrFO/c1-5-3-7(6(2)12)8(10)4-9(5)11/h3-4H,1-2H3. The Balaban J connectivity index is 3.33. The van der Waals surface area contributed by atoms with Crippen molar-refractivity contribution in [3.63, 3.8) is 0 Å². The molecule has 1 aromatic carbocycles. The lowest BCUT2D eigenvalue weighted by atomic mass is 10.1. The van der Waals surface area contributed by atoms with Crippen LogP contribution in [0.25, 0.3) is 0 Å². The zero-order valence-electron chi connectivity index (χ0n) is 6.82. The highest BCUT2D eigenvalue weighted by Gasteiger charge is 2.08. The van der Waals surface area contributed by atoms with E-state index in [2.05, 4.69) is 15.9 Å². The van der Waals surface area contributed by atoms with Crippen LogP contribution in [0.4, 0.5) is 4.39 Å². The van der Waals surface area contributed by atoms with Gasteiger partial charge < -0.3 is 0 Å². The quantitative estimate of drug-likeness (QED) is 0.678. The van der Waals surface area contributed by atoms with Crippen molar-refractivity contribution in [3.05, 3.63) is 33.5 Å². The third-order valence-corrected chi connectivity index (χ3v) is 2.28. The second-order valence-electron chi connectivity index (χ2n) is 2.64. The van der Waals surface area contributed by atoms with Crippen LogP contribution in [0, 0.1) is 12.7 Å². The number of carbonyl (C=O) groups excluding carboxylic acids is 1. The maximum absolute atomic E-state index is 12.9. The molecule has 0 spiro atoms. The summed E-state index contributed by atoms with van der Waals surface area (Å²) in [5, 5.41) is 0. The van der Waals surface area contributed by atoms with E-state index in [-0.39, 0.29) is 11.6 Å². The minimum Gasteiger partial charge on any atom is -0.294 e. The predicted molar refractivity (Wildman–Crippen MR) is 48.8 cm³/mol. The van der Waals surface area contributed by atoms with Crippen LogP contribution in [0.2, 0.25) is 0 Å². The average Bonchev–Trinajstić information content (AvgIpc) is 1.96. The lowest BCUT2D eigenvalue weighted by Crippen LogP contribution is -1.96. The van der Waals surface area contributed by atoms with Gasteiger partial charge in [0.05, 0.1) is 0 Å². The van der Waals surface area contributed by atoms with Crippen LogP contribution in [0.5, 0.6) is 0 Å². The van der Waals surface area contributed by atoms with Gasteiger partial charge in [0.15, 0.2) is 5.78 Å². The Morgan fingerprint density at radius 1 is 1.50 bits per heavy atom. The minimum absolute atomic E-state index is 0.0648. The van der Waals surface area contributed by atoms with Gasteiger partial charge in [0.25, 0.3) is 0 Å². The molecule has 0 saturated carbocycles. The fraction of sp³-hybridized carbons (Fsp3) is 0.222. The normalized spacial score (nSPS) is 10.0. The first kappa shape index (κ1) is 9.39. The van der Waals surface area contributed by atoms with E-state index in [1.807, 2.05) is 0 Å². The van der Waals surface area contributed by atoms with Gasteiger partial charge in [-0.15, -0.1) is 0 Å². The van der Waals surface area contributed by atoms with E-state index >= 15 is 0 Å². The smallest absolute Gasteiger partial charge is 0.160 e. The van der Waals surface area contributed by atoms with Gasteiger partial charge in [0.1, 0.15) is 5.82 Å². The van der Waals surface area contributed by atoms with Crippen molar-refractivity contribution in [2.24, 2.45) is 0 Å². The van der Waals surface area contributed by atoms with Crippen LogP contribution < -0.4 is 0 Å². The van der Waals surface area contributed by atoms with Crippen LogP contribution in [-0.2, 0) is 0 Å². The summed E-state index contributed by atoms with van der Waals surface area (Å²) in [6, 6.07) is 2.85. The molecule has 1 nitrogen and oxygen atoms in total. The van der Waals surface area contributed by atoms with E-state index < -0.39 is 0 Å². The third-order valence-electron chi connectivity index (χ3n) is 1.63. The zero-order chi connectivity index (χ0) is 9.30. The molecular weight excluding hydrogens is 223 g/mol. The van der Waals surface area contributed by atoms with Crippen molar-refractivity contribution < 1.29 is 9.18 Å². The fourth-order valence-electron chi connectivity index (χ4n) is 0.927. The first-order valence-corrected chi connectivity index (χ1v) is 4.28. The minimum atomic E-state index is -0.299. The number of rotatable bonds is 1. The van der Waals surface area contributed by atoms with Crippen LogP contribution in [0.15, 0.2) is 16.6 Å². The summed E-state index contributed by atoms with van der Waals surface area (Å²) in [6.45, 7) is 3.09. The molecule has 0 radical (unpaired) electrons. The molecule has 0 saturated heterocycles. The van der Waals surface area contributed by atoms with Gasteiger partial charge in [-0.25, -0.2) is 4.39 Å². The van der Waals surface area contributed by atoms with Crippen molar-refractivity contribution in [1.29, 1.82) is 0 Å². The van der Waals surface area contributed by atoms with Crippen LogP contribution >= 0.6 is 15.9 Å². The summed E-state index contributed by atoms with van der Waals surface area (Å²) in [6.07, 6.45) is 0. The van der Waals surface area contributed by atoms with Gasteiger partial charge in [-0.3, -0.25) is 4.79 Å². The van der Waals surface area contributed by atoms with Gasteiger partial charge in [-0.1, -0.05) is 0 Å². The predicted octanol–water partition coefficient (Wildman–Crippen LogP) is 3.10. The highest BCUT2D eigenvalue weighted by atomic mass is 79.9. The molecule has 0 unspecified atom stereocenters. The van der Waals surface area contributed by atoms with Crippen LogP contribution in [-0.4, -0.2) is 5.78 Å². The third kappa shape index (κ3) is 1.72. The monoisotopic (exact) mass is 230 g/mol. The number of Topliss-reactive ketones (excluding diaryl/α,β-unsaturated/α-hetero) is 1. The summed E-state index contributed by atoms with van der Waals surface area (Å²) in [7, 11) is 0. The summed E-state index contributed by atoms with van der Waals surface area (Å²) < 4.78 is 13.4. The number of halogens is 2. The summed E-state index contributed by atoms with van der Waals surface area (Å²) >= 11 is 3.12. The van der Waals surface area contributed by atoms with Gasteiger partial charge in [0, 0.05) is 10.0 Å². The molecule has 64 valence electrons. The van der Waals surface area contributed by atoms with Crippen molar-refractivity contribution in [2.45, 2.75) is 13.8 Å². The van der Waals surface area contributed by atoms with Crippen LogP contribution in [0.1, 0.15) is 22.8 Å². The highest BCUT2D eigenvalue weighted by molar-refractivity contribution is 9.10. The molecule has 0 aliphatic rings. The molecule has 0 amide bonds. The van der Waals surface area contributed by atoms with Crippen molar-refractivity contribution >= 4 is 21.7 Å². The molecule has 3 heteroatoms. The molecule has 0 bridgehead atoms. The molecule has 0 heterocycles. The molecule has 0 fully saturated rings. The Labute approximate surface area is 78.7 Å². The Morgan fingerprint density at radius 3 is 2.58 bits per heavy atom. The van der Waals surface area contributed by atoms with E-state index in [0.29, 0.717) is 15.6 Å². The fourth-order valence-corrected chi connectivity index (χ4v) is 1.52. The van der Waals surface area contributed by atoms with Gasteiger partial charge >= 0.3 is 0 Å². The Bertz CT molecular complexity index is 334. The molecule has 0 aromatic heterocycles. The van der Waals surface area contributed by atoms with Crippen LogP contribution in [0.3, 0.4) is 0 Å². The number of benzene rings is 1. The van der Waals surface area contributed by atoms with E-state index in [1.54, 1.807) is 13.0 Å². The van der Waals surface area contributed by atoms with E-state index in [0.717, 1.165) is 0 Å². The van der Waals surface area contributed by atoms with Gasteiger partial charge in [-0.05, 0) is 47.5 Å². The summed E-state index contributed by atoms with van der Waals surface area (Å²) in [5.74, 6) is -0.364. The Hall–Kier alpha value is -0.700. The second kappa shape index (κ2) is 3.35. The molecular formula is C9H8BrFO. The van der Waals surface area contributed by atoms with E-state index in [1.165, 1.54) is 13.0 Å². The largest absolute Gasteiger partial charge is 0.294 e. The number of ketones is 1. The van der Waals surface area contributed by atoms with Crippen molar-refractivity contribution in [3.8, 4) is 0 Å². The van der Waals surface area contributed by atoms with Gasteiger partial charge in [-0.2, -0.15) is 0 Å². The maximum Gasteiger partial charge on any atom is 0.160 e. The van der Waals surface area contributed by atoms with Crippen molar-refractivity contribution in [1.82, 2.24) is 0 Å². The topological polar surface area (TPSA) is 17.1 Å². The molecule has 12 heavy (non-hydrogen) atoms. The number of hydrogen-bond donors (Lipinski definition) is 0. The van der Waals surface area contributed by atoms with Crippen molar-refractivity contribution in [2.75, 3.05) is 0 Å². The molecule has 0 aliphatic heterocycles. The lowest BCUT2D eigenvalue weighted by molar-refractivity contribution is 0.101. The summed E-state index contributed by atoms with van der Waals surface area (Å²) in [4.78, 5) is 11.0. The number of aryl methyl sites for hydroxylation is 1. The lowest BCUT2D eigenvalue weighted by Gasteiger charge is -2.02. The molecule has 1 rings (SSSR count). The molecule has 0 N–H and O–H groups in total. The van der Waals surface area contributed by atoms with E-state index in [9.17, 15) is 9.18 Å². The molecule has 1 aromatic rings. The average molecular weight is 231 g/mol. The summed E-state index contributed by atoms with van der Waals surface area (Å²) in [5.41, 5.74) is 1.01. The second-order valence-corrected chi connectivity index (χ2v) is 3.49. The Morgan fingerprint density at radius 2 is 2.08 bits per heavy atom. The molecule has 0 atom stereocenters. The Kier molecular flexibility index (Phi) is 2.62. The van der Waals surface area contributed by atoms with E-state index in [4.69, 9.17) is 0 Å². The first-order valence-electron chi connectivity index (χ1n) is 3.49. The molecule has 0 aliphatic carbocycles. The number of hydrogen-bond acceptors (Lipinski definition) is 1. The zero-order valence-corrected chi connectivity index (χ0v) is 8.40. The first-order chi connectivity index (χ1) is 5.52. The number of carbonyl (C=O) groups is 1. The highest BCUT2D eigenvalue weighted by Crippen LogP contribution is 2.21.